The number of hydrogen-bond acceptors (Lipinski definition) is 4. The number of benzene rings is 1. The van der Waals surface area contributed by atoms with Crippen LogP contribution < -0.4 is 10.9 Å². The zero-order valence-electron chi connectivity index (χ0n) is 16.2. The normalized spacial score (nSPS) is 18.3. The summed E-state index contributed by atoms with van der Waals surface area (Å²) >= 11 is 0. The predicted octanol–water partition coefficient (Wildman–Crippen LogP) is 1.99. The summed E-state index contributed by atoms with van der Waals surface area (Å²) in [5.74, 6) is 0.00742. The number of rotatable bonds is 5. The maximum absolute atomic E-state index is 13.2. The molecule has 0 saturated carbocycles. The van der Waals surface area contributed by atoms with E-state index in [1.165, 1.54) is 4.68 Å². The van der Waals surface area contributed by atoms with E-state index < -0.39 is 5.41 Å². The number of carbonyl (C=O) groups excluding carboxylic acids is 1. The average molecular weight is 381 g/mol. The third-order valence-electron chi connectivity index (χ3n) is 5.99. The molecular weight excluding hydrogens is 354 g/mol. The summed E-state index contributed by atoms with van der Waals surface area (Å²) in [6, 6.07) is 11.6. The van der Waals surface area contributed by atoms with Crippen molar-refractivity contribution in [3.05, 3.63) is 63.6 Å². The van der Waals surface area contributed by atoms with Gasteiger partial charge in [0.2, 0.25) is 5.91 Å². The van der Waals surface area contributed by atoms with Crippen LogP contribution in [-0.4, -0.2) is 35.4 Å². The number of carbonyl (C=O) groups is 1. The van der Waals surface area contributed by atoms with Crippen molar-refractivity contribution in [2.75, 3.05) is 19.8 Å². The van der Waals surface area contributed by atoms with Gasteiger partial charge in [-0.1, -0.05) is 30.3 Å². The Morgan fingerprint density at radius 2 is 1.89 bits per heavy atom. The fourth-order valence-corrected chi connectivity index (χ4v) is 4.33. The van der Waals surface area contributed by atoms with Gasteiger partial charge in [0.25, 0.3) is 5.56 Å². The van der Waals surface area contributed by atoms with Crippen LogP contribution in [-0.2, 0) is 34.3 Å². The maximum Gasteiger partial charge on any atom is 0.267 e. The van der Waals surface area contributed by atoms with Crippen molar-refractivity contribution in [1.29, 1.82) is 0 Å². The summed E-state index contributed by atoms with van der Waals surface area (Å²) in [5.41, 5.74) is 2.50. The summed E-state index contributed by atoms with van der Waals surface area (Å²) in [4.78, 5) is 25.5. The lowest BCUT2D eigenvalue weighted by molar-refractivity contribution is -0.130. The zero-order valence-corrected chi connectivity index (χ0v) is 16.2. The molecule has 28 heavy (non-hydrogen) atoms. The molecule has 6 heteroatoms. The van der Waals surface area contributed by atoms with Gasteiger partial charge in [-0.25, -0.2) is 4.68 Å². The van der Waals surface area contributed by atoms with Crippen LogP contribution in [0.25, 0.3) is 0 Å². The van der Waals surface area contributed by atoms with Gasteiger partial charge in [-0.05, 0) is 49.7 Å². The number of aryl methyl sites for hydroxylation is 2. The third-order valence-corrected chi connectivity index (χ3v) is 5.99. The molecule has 2 aromatic rings. The molecule has 148 valence electrons. The Morgan fingerprint density at radius 1 is 1.14 bits per heavy atom. The van der Waals surface area contributed by atoms with Gasteiger partial charge in [0, 0.05) is 25.8 Å². The summed E-state index contributed by atoms with van der Waals surface area (Å²) in [7, 11) is 0. The Hall–Kier alpha value is -2.47. The fraction of sp³-hybridized carbons (Fsp3) is 0.500. The van der Waals surface area contributed by atoms with Crippen LogP contribution in [0.15, 0.2) is 41.2 Å². The number of amides is 1. The minimum absolute atomic E-state index is 0.00742. The van der Waals surface area contributed by atoms with Gasteiger partial charge in [0.05, 0.1) is 17.7 Å². The van der Waals surface area contributed by atoms with Crippen LogP contribution in [0.1, 0.15) is 42.5 Å². The summed E-state index contributed by atoms with van der Waals surface area (Å²) in [5, 5.41) is 7.58. The second-order valence-corrected chi connectivity index (χ2v) is 7.70. The minimum atomic E-state index is -0.562. The molecule has 1 aliphatic carbocycles. The van der Waals surface area contributed by atoms with Gasteiger partial charge < -0.3 is 10.1 Å². The van der Waals surface area contributed by atoms with Gasteiger partial charge in [0.1, 0.15) is 0 Å². The monoisotopic (exact) mass is 381 g/mol. The van der Waals surface area contributed by atoms with Crippen molar-refractivity contribution in [1.82, 2.24) is 15.1 Å². The molecule has 0 unspecified atom stereocenters. The zero-order chi connectivity index (χ0) is 19.4. The molecule has 4 rings (SSSR count). The standard InChI is InChI=1S/C22H27N3O3/c26-20-16-17-6-4-5-9-19(17)24-25(20)13-12-23-21(27)22(10-14-28-15-11-22)18-7-2-1-3-8-18/h1-3,7-8,16H,4-6,9-15H2,(H,23,27). The SMILES string of the molecule is O=C(NCCn1nc2c(cc1=O)CCCC2)C1(c2ccccc2)CCOCC1. The van der Waals surface area contributed by atoms with Crippen molar-refractivity contribution in [3.8, 4) is 0 Å². The molecule has 0 bridgehead atoms. The Kier molecular flexibility index (Phi) is 5.57. The first-order valence-corrected chi connectivity index (χ1v) is 10.2. The maximum atomic E-state index is 13.2. The summed E-state index contributed by atoms with van der Waals surface area (Å²) in [6.45, 7) is 1.93. The van der Waals surface area contributed by atoms with Crippen LogP contribution in [0.4, 0.5) is 0 Å². The van der Waals surface area contributed by atoms with Crippen molar-refractivity contribution < 1.29 is 9.53 Å². The van der Waals surface area contributed by atoms with Gasteiger partial charge >= 0.3 is 0 Å². The highest BCUT2D eigenvalue weighted by Gasteiger charge is 2.41. The van der Waals surface area contributed by atoms with Gasteiger partial charge in [-0.2, -0.15) is 5.10 Å². The second kappa shape index (κ2) is 8.27. The van der Waals surface area contributed by atoms with Crippen LogP contribution >= 0.6 is 0 Å². The largest absolute Gasteiger partial charge is 0.381 e. The van der Waals surface area contributed by atoms with Crippen molar-refractivity contribution in [2.45, 2.75) is 50.5 Å². The molecular formula is C22H27N3O3. The van der Waals surface area contributed by atoms with E-state index >= 15 is 0 Å². The van der Waals surface area contributed by atoms with Crippen molar-refractivity contribution >= 4 is 5.91 Å². The van der Waals surface area contributed by atoms with E-state index in [4.69, 9.17) is 4.74 Å². The van der Waals surface area contributed by atoms with E-state index in [-0.39, 0.29) is 11.5 Å². The highest BCUT2D eigenvalue weighted by atomic mass is 16.5. The number of aromatic nitrogens is 2. The van der Waals surface area contributed by atoms with E-state index in [2.05, 4.69) is 10.4 Å². The van der Waals surface area contributed by atoms with Crippen LogP contribution in [0.5, 0.6) is 0 Å². The molecule has 1 fully saturated rings. The number of ether oxygens (including phenoxy) is 1. The molecule has 0 spiro atoms. The molecule has 2 heterocycles. The molecule has 2 aliphatic rings. The first-order valence-electron chi connectivity index (χ1n) is 10.2. The van der Waals surface area contributed by atoms with Gasteiger partial charge in [-0.3, -0.25) is 9.59 Å². The average Bonchev–Trinajstić information content (AvgIpc) is 2.75. The van der Waals surface area contributed by atoms with E-state index in [0.29, 0.717) is 39.1 Å². The number of nitrogens with zero attached hydrogens (tertiary/aromatic N) is 2. The Bertz CT molecular complexity index is 886. The Morgan fingerprint density at radius 3 is 2.68 bits per heavy atom. The third kappa shape index (κ3) is 3.74. The lowest BCUT2D eigenvalue weighted by Crippen LogP contribution is -2.49. The van der Waals surface area contributed by atoms with Crippen molar-refractivity contribution in [2.24, 2.45) is 0 Å². The predicted molar refractivity (Wildman–Crippen MR) is 106 cm³/mol. The molecule has 1 aromatic heterocycles. The van der Waals surface area contributed by atoms with Gasteiger partial charge in [-0.15, -0.1) is 0 Å². The molecule has 0 radical (unpaired) electrons. The highest BCUT2D eigenvalue weighted by molar-refractivity contribution is 5.88. The number of fused-ring (bicyclic) bond motifs is 1. The molecule has 1 amide bonds. The quantitative estimate of drug-likeness (QED) is 0.860. The smallest absolute Gasteiger partial charge is 0.267 e. The minimum Gasteiger partial charge on any atom is -0.381 e. The van der Waals surface area contributed by atoms with E-state index in [9.17, 15) is 9.59 Å². The fourth-order valence-electron chi connectivity index (χ4n) is 4.33. The highest BCUT2D eigenvalue weighted by Crippen LogP contribution is 2.35. The topological polar surface area (TPSA) is 73.2 Å². The first-order chi connectivity index (χ1) is 13.7. The van der Waals surface area contributed by atoms with E-state index in [1.54, 1.807) is 6.07 Å². The number of hydrogen-bond donors (Lipinski definition) is 1. The van der Waals surface area contributed by atoms with E-state index in [1.807, 2.05) is 30.3 Å². The lowest BCUT2D eigenvalue weighted by Gasteiger charge is -2.36. The molecule has 6 nitrogen and oxygen atoms in total. The molecule has 0 atom stereocenters. The van der Waals surface area contributed by atoms with Crippen LogP contribution in [0.3, 0.4) is 0 Å². The summed E-state index contributed by atoms with van der Waals surface area (Å²) in [6.07, 6.45) is 5.45. The Balaban J connectivity index is 1.45. The second-order valence-electron chi connectivity index (χ2n) is 7.70. The van der Waals surface area contributed by atoms with Gasteiger partial charge in [0.15, 0.2) is 0 Å². The van der Waals surface area contributed by atoms with Crippen LogP contribution in [0.2, 0.25) is 0 Å². The number of nitrogens with one attached hydrogen (secondary N) is 1. The van der Waals surface area contributed by atoms with E-state index in [0.717, 1.165) is 42.5 Å². The molecule has 1 saturated heterocycles. The lowest BCUT2D eigenvalue weighted by atomic mass is 9.73. The van der Waals surface area contributed by atoms with Crippen molar-refractivity contribution in [3.63, 3.8) is 0 Å². The first kappa shape index (κ1) is 18.9. The Labute approximate surface area is 164 Å². The van der Waals surface area contributed by atoms with Crippen LogP contribution in [0, 0.1) is 0 Å². The molecule has 1 aromatic carbocycles. The molecule has 1 aliphatic heterocycles. The molecule has 1 N–H and O–H groups in total. The summed E-state index contributed by atoms with van der Waals surface area (Å²) < 4.78 is 6.99.